The summed E-state index contributed by atoms with van der Waals surface area (Å²) in [6.45, 7) is 1.07. The van der Waals surface area contributed by atoms with E-state index in [9.17, 15) is 17.6 Å². The third-order valence-electron chi connectivity index (χ3n) is 2.02. The van der Waals surface area contributed by atoms with E-state index in [1.165, 1.54) is 0 Å². The van der Waals surface area contributed by atoms with Gasteiger partial charge >= 0.3 is 5.97 Å². The van der Waals surface area contributed by atoms with Crippen molar-refractivity contribution in [2.24, 2.45) is 0 Å². The normalized spacial score (nSPS) is 11.3. The molecule has 1 rings (SSSR count). The smallest absolute Gasteiger partial charge is 0.321 e. The van der Waals surface area contributed by atoms with Gasteiger partial charge in [0, 0.05) is 5.69 Å². The number of hydrogen-bond donors (Lipinski definition) is 2. The Morgan fingerprint density at radius 1 is 1.53 bits per heavy atom. The fraction of sp³-hybridized carbons (Fsp3) is 0.300. The zero-order valence-electron chi connectivity index (χ0n) is 9.94. The Bertz CT molecular complexity index is 591. The van der Waals surface area contributed by atoms with Crippen molar-refractivity contribution in [3.05, 3.63) is 23.0 Å². The summed E-state index contributed by atoms with van der Waals surface area (Å²) in [5.74, 6) is -1.91. The molecule has 0 radical (unpaired) electrons. The molecule has 0 heterocycles. The Kier molecular flexibility index (Phi) is 5.10. The SMILES string of the molecule is CCOC(=O)CNS(=O)(=O)c1cc(N)cc(Cl)c1F. The van der Waals surface area contributed by atoms with E-state index in [2.05, 4.69) is 4.74 Å². The van der Waals surface area contributed by atoms with E-state index in [4.69, 9.17) is 17.3 Å². The minimum Gasteiger partial charge on any atom is -0.465 e. The number of ether oxygens (including phenoxy) is 1. The molecule has 106 valence electrons. The summed E-state index contributed by atoms with van der Waals surface area (Å²) in [4.78, 5) is 10.3. The van der Waals surface area contributed by atoms with Crippen LogP contribution in [-0.4, -0.2) is 27.5 Å². The monoisotopic (exact) mass is 310 g/mol. The summed E-state index contributed by atoms with van der Waals surface area (Å²) >= 11 is 5.50. The fourth-order valence-corrected chi connectivity index (χ4v) is 2.61. The van der Waals surface area contributed by atoms with E-state index in [0.717, 1.165) is 12.1 Å². The first kappa shape index (κ1) is 15.7. The molecule has 0 aliphatic rings. The highest BCUT2D eigenvalue weighted by Crippen LogP contribution is 2.25. The van der Waals surface area contributed by atoms with E-state index in [1.54, 1.807) is 6.92 Å². The second kappa shape index (κ2) is 6.18. The zero-order chi connectivity index (χ0) is 14.6. The summed E-state index contributed by atoms with van der Waals surface area (Å²) in [5, 5.41) is -0.420. The number of anilines is 1. The van der Waals surface area contributed by atoms with E-state index < -0.39 is 38.3 Å². The lowest BCUT2D eigenvalue weighted by Gasteiger charge is -2.09. The standard InChI is InChI=1S/C10H12ClFN2O4S/c1-2-18-9(15)5-14-19(16,17)8-4-6(13)3-7(11)10(8)12/h3-4,14H,2,5,13H2,1H3. The minimum absolute atomic E-state index is 0.0112. The highest BCUT2D eigenvalue weighted by atomic mass is 35.5. The maximum atomic E-state index is 13.6. The Labute approximate surface area is 114 Å². The molecule has 19 heavy (non-hydrogen) atoms. The highest BCUT2D eigenvalue weighted by Gasteiger charge is 2.22. The van der Waals surface area contributed by atoms with Gasteiger partial charge in [-0.15, -0.1) is 0 Å². The summed E-state index contributed by atoms with van der Waals surface area (Å²) in [6.07, 6.45) is 0. The summed E-state index contributed by atoms with van der Waals surface area (Å²) < 4.78 is 43.7. The van der Waals surface area contributed by atoms with Gasteiger partial charge in [-0.2, -0.15) is 4.72 Å². The molecule has 6 nitrogen and oxygen atoms in total. The number of halogens is 2. The summed E-state index contributed by atoms with van der Waals surface area (Å²) in [6, 6.07) is 2.00. The fourth-order valence-electron chi connectivity index (χ4n) is 1.22. The zero-order valence-corrected chi connectivity index (χ0v) is 11.5. The van der Waals surface area contributed by atoms with Crippen molar-refractivity contribution >= 4 is 33.3 Å². The van der Waals surface area contributed by atoms with Crippen LogP contribution in [0.5, 0.6) is 0 Å². The molecule has 0 atom stereocenters. The average molecular weight is 311 g/mol. The number of hydrogen-bond acceptors (Lipinski definition) is 5. The first-order chi connectivity index (χ1) is 8.77. The average Bonchev–Trinajstić information content (AvgIpc) is 2.31. The lowest BCUT2D eigenvalue weighted by atomic mass is 10.3. The molecule has 0 amide bonds. The van der Waals surface area contributed by atoms with Crippen molar-refractivity contribution in [1.82, 2.24) is 4.72 Å². The van der Waals surface area contributed by atoms with E-state index in [1.807, 2.05) is 4.72 Å². The minimum atomic E-state index is -4.24. The van der Waals surface area contributed by atoms with Gasteiger partial charge in [0.1, 0.15) is 11.4 Å². The Morgan fingerprint density at radius 3 is 2.74 bits per heavy atom. The van der Waals surface area contributed by atoms with Crippen molar-refractivity contribution in [2.45, 2.75) is 11.8 Å². The first-order valence-corrected chi connectivity index (χ1v) is 7.04. The number of rotatable bonds is 5. The van der Waals surface area contributed by atoms with Crippen LogP contribution < -0.4 is 10.5 Å². The van der Waals surface area contributed by atoms with Gasteiger partial charge in [0.25, 0.3) is 0 Å². The molecule has 9 heteroatoms. The van der Waals surface area contributed by atoms with Gasteiger partial charge in [0.15, 0.2) is 5.82 Å². The van der Waals surface area contributed by atoms with Gasteiger partial charge in [0.05, 0.1) is 11.6 Å². The molecule has 0 aliphatic carbocycles. The van der Waals surface area contributed by atoms with Crippen molar-refractivity contribution < 1.29 is 22.3 Å². The van der Waals surface area contributed by atoms with Crippen molar-refractivity contribution in [2.75, 3.05) is 18.9 Å². The van der Waals surface area contributed by atoms with E-state index in [0.29, 0.717) is 0 Å². The van der Waals surface area contributed by atoms with Crippen LogP contribution >= 0.6 is 11.6 Å². The van der Waals surface area contributed by atoms with Crippen LogP contribution in [0.15, 0.2) is 17.0 Å². The largest absolute Gasteiger partial charge is 0.465 e. The molecule has 0 spiro atoms. The molecule has 0 aromatic heterocycles. The summed E-state index contributed by atoms with van der Waals surface area (Å²) in [5.41, 5.74) is 5.38. The molecule has 0 saturated carbocycles. The van der Waals surface area contributed by atoms with Crippen LogP contribution in [0.1, 0.15) is 6.92 Å². The Balaban J connectivity index is 2.98. The van der Waals surface area contributed by atoms with E-state index in [-0.39, 0.29) is 12.3 Å². The van der Waals surface area contributed by atoms with Crippen LogP contribution in [0.3, 0.4) is 0 Å². The molecule has 0 fully saturated rings. The molecule has 0 aliphatic heterocycles. The molecule has 0 unspecified atom stereocenters. The number of nitrogens with one attached hydrogen (secondary N) is 1. The van der Waals surface area contributed by atoms with Gasteiger partial charge in [-0.25, -0.2) is 12.8 Å². The third-order valence-corrected chi connectivity index (χ3v) is 3.69. The van der Waals surface area contributed by atoms with Crippen LogP contribution in [0, 0.1) is 5.82 Å². The van der Waals surface area contributed by atoms with Crippen LogP contribution in [0.4, 0.5) is 10.1 Å². The number of carbonyl (C=O) groups excluding carboxylic acids is 1. The van der Waals surface area contributed by atoms with Crippen LogP contribution in [0.2, 0.25) is 5.02 Å². The van der Waals surface area contributed by atoms with Gasteiger partial charge in [0.2, 0.25) is 10.0 Å². The topological polar surface area (TPSA) is 98.5 Å². The van der Waals surface area contributed by atoms with Crippen molar-refractivity contribution in [3.63, 3.8) is 0 Å². The Morgan fingerprint density at radius 2 is 2.16 bits per heavy atom. The number of sulfonamides is 1. The third kappa shape index (κ3) is 4.05. The van der Waals surface area contributed by atoms with Crippen molar-refractivity contribution in [3.8, 4) is 0 Å². The van der Waals surface area contributed by atoms with Crippen LogP contribution in [0.25, 0.3) is 0 Å². The maximum Gasteiger partial charge on any atom is 0.321 e. The second-order valence-electron chi connectivity index (χ2n) is 3.44. The van der Waals surface area contributed by atoms with E-state index >= 15 is 0 Å². The van der Waals surface area contributed by atoms with Crippen molar-refractivity contribution in [1.29, 1.82) is 0 Å². The predicted molar refractivity (Wildman–Crippen MR) is 67.6 cm³/mol. The second-order valence-corrected chi connectivity index (χ2v) is 5.59. The maximum absolute atomic E-state index is 13.6. The van der Waals surface area contributed by atoms with Gasteiger partial charge in [-0.3, -0.25) is 4.79 Å². The molecular formula is C10H12ClFN2O4S. The van der Waals surface area contributed by atoms with Gasteiger partial charge in [-0.05, 0) is 19.1 Å². The summed E-state index contributed by atoms with van der Waals surface area (Å²) in [7, 11) is -4.24. The van der Waals surface area contributed by atoms with Gasteiger partial charge in [-0.1, -0.05) is 11.6 Å². The van der Waals surface area contributed by atoms with Gasteiger partial charge < -0.3 is 10.5 Å². The molecule has 1 aromatic carbocycles. The molecule has 0 bridgehead atoms. The number of nitrogens with two attached hydrogens (primary N) is 1. The number of nitrogen functional groups attached to an aromatic ring is 1. The Hall–Kier alpha value is -1.38. The number of esters is 1. The predicted octanol–water partition coefficient (Wildman–Crippen LogP) is 0.903. The van der Waals surface area contributed by atoms with Crippen LogP contribution in [-0.2, 0) is 19.6 Å². The lowest BCUT2D eigenvalue weighted by Crippen LogP contribution is -2.31. The molecule has 0 saturated heterocycles. The molecule has 3 N–H and O–H groups in total. The highest BCUT2D eigenvalue weighted by molar-refractivity contribution is 7.89. The number of carbonyl (C=O) groups is 1. The number of benzene rings is 1. The lowest BCUT2D eigenvalue weighted by molar-refractivity contribution is -0.141. The molecular weight excluding hydrogens is 299 g/mol. The molecule has 1 aromatic rings. The quantitative estimate of drug-likeness (QED) is 0.622. The first-order valence-electron chi connectivity index (χ1n) is 5.17.